The van der Waals surface area contributed by atoms with Gasteiger partial charge in [0.2, 0.25) is 5.03 Å². The smallest absolute Gasteiger partial charge is 0.340 e. The van der Waals surface area contributed by atoms with E-state index in [-0.39, 0.29) is 18.8 Å². The van der Waals surface area contributed by atoms with Crippen LogP contribution in [0, 0.1) is 6.92 Å². The van der Waals surface area contributed by atoms with E-state index in [0.29, 0.717) is 0 Å². The summed E-state index contributed by atoms with van der Waals surface area (Å²) in [5.41, 5.74) is -0.317. The highest BCUT2D eigenvalue weighted by atomic mass is 32.2. The fraction of sp³-hybridized carbons (Fsp3) is 0.556. The molecule has 1 aromatic heterocycles. The Labute approximate surface area is 108 Å². The zero-order valence-electron chi connectivity index (χ0n) is 9.94. The molecule has 0 aromatic carbocycles. The van der Waals surface area contributed by atoms with E-state index in [1.54, 1.807) is 0 Å². The monoisotopic (exact) mass is 291 g/mol. The van der Waals surface area contributed by atoms with Crippen molar-refractivity contribution in [2.45, 2.75) is 24.2 Å². The second-order valence-corrected chi connectivity index (χ2v) is 6.14. The Bertz CT molecular complexity index is 599. The summed E-state index contributed by atoms with van der Waals surface area (Å²) in [6.07, 6.45) is -2.38. The summed E-state index contributed by atoms with van der Waals surface area (Å²) in [7, 11) is -4.17. The van der Waals surface area contributed by atoms with Gasteiger partial charge in [0.15, 0.2) is 0 Å². The molecule has 10 heteroatoms. The van der Waals surface area contributed by atoms with E-state index in [9.17, 15) is 23.4 Å². The van der Waals surface area contributed by atoms with Gasteiger partial charge in [0.05, 0.1) is 12.2 Å². The van der Waals surface area contributed by atoms with Gasteiger partial charge in [0.25, 0.3) is 10.0 Å². The average Bonchev–Trinajstić information content (AvgIpc) is 2.84. The SMILES string of the molecule is Cc1[nH]nc(S(=O)(=O)N2C[C@@H](O)[C@@H](O)C2)c1C(=O)O. The molecule has 0 unspecified atom stereocenters. The molecule has 0 radical (unpaired) electrons. The minimum absolute atomic E-state index is 0.117. The number of aryl methyl sites for hydroxylation is 1. The average molecular weight is 291 g/mol. The largest absolute Gasteiger partial charge is 0.478 e. The predicted molar refractivity (Wildman–Crippen MR) is 61.1 cm³/mol. The molecule has 0 aliphatic carbocycles. The van der Waals surface area contributed by atoms with E-state index in [1.807, 2.05) is 0 Å². The molecule has 4 N–H and O–H groups in total. The number of rotatable bonds is 3. The van der Waals surface area contributed by atoms with Crippen LogP contribution in [0.1, 0.15) is 16.1 Å². The number of nitrogens with one attached hydrogen (secondary N) is 1. The number of H-pyrrole nitrogens is 1. The standard InChI is InChI=1S/C9H13N3O6S/c1-4-7(9(15)16)8(11-10-4)19(17,18)12-2-5(13)6(14)3-12/h5-6,13-14H,2-3H2,1H3,(H,10,11)(H,15,16)/t5-,6+. The molecule has 2 heterocycles. The minimum atomic E-state index is -4.17. The third kappa shape index (κ3) is 2.23. The molecule has 0 spiro atoms. The number of aromatic carboxylic acids is 1. The lowest BCUT2D eigenvalue weighted by atomic mass is 10.3. The molecule has 106 valence electrons. The fourth-order valence-corrected chi connectivity index (χ4v) is 3.50. The Morgan fingerprint density at radius 3 is 2.37 bits per heavy atom. The quantitative estimate of drug-likeness (QED) is 0.511. The van der Waals surface area contributed by atoms with E-state index in [0.717, 1.165) is 4.31 Å². The molecule has 2 atom stereocenters. The second kappa shape index (κ2) is 4.56. The van der Waals surface area contributed by atoms with Crippen LogP contribution in [-0.4, -0.2) is 69.5 Å². The van der Waals surface area contributed by atoms with E-state index in [1.165, 1.54) is 6.92 Å². The Hall–Kier alpha value is -1.49. The topological polar surface area (TPSA) is 144 Å². The minimum Gasteiger partial charge on any atom is -0.478 e. The van der Waals surface area contributed by atoms with Crippen LogP contribution in [0.15, 0.2) is 5.03 Å². The lowest BCUT2D eigenvalue weighted by Crippen LogP contribution is -2.31. The molecule has 9 nitrogen and oxygen atoms in total. The summed E-state index contributed by atoms with van der Waals surface area (Å²) >= 11 is 0. The molecular formula is C9H13N3O6S. The van der Waals surface area contributed by atoms with Gasteiger partial charge in [-0.3, -0.25) is 5.10 Å². The maximum Gasteiger partial charge on any atom is 0.340 e. The van der Waals surface area contributed by atoms with Gasteiger partial charge in [-0.05, 0) is 6.92 Å². The van der Waals surface area contributed by atoms with Crippen molar-refractivity contribution in [2.75, 3.05) is 13.1 Å². The number of aromatic nitrogens is 2. The summed E-state index contributed by atoms with van der Waals surface area (Å²) in [5.74, 6) is -1.41. The number of hydrogen-bond donors (Lipinski definition) is 4. The van der Waals surface area contributed by atoms with Crippen molar-refractivity contribution >= 4 is 16.0 Å². The molecule has 1 fully saturated rings. The summed E-state index contributed by atoms with van der Waals surface area (Å²) < 4.78 is 25.3. The van der Waals surface area contributed by atoms with Gasteiger partial charge in [-0.25, -0.2) is 13.2 Å². The van der Waals surface area contributed by atoms with Crippen molar-refractivity contribution in [2.24, 2.45) is 0 Å². The zero-order valence-corrected chi connectivity index (χ0v) is 10.8. The Kier molecular flexibility index (Phi) is 3.34. The first kappa shape index (κ1) is 13.9. The zero-order chi connectivity index (χ0) is 14.4. The third-order valence-electron chi connectivity index (χ3n) is 2.94. The number of β-amino-alcohol motifs (C(OH)–C–C–N with tert-alkyl or cyclic N) is 2. The van der Waals surface area contributed by atoms with Gasteiger partial charge in [-0.2, -0.15) is 9.40 Å². The highest BCUT2D eigenvalue weighted by molar-refractivity contribution is 7.89. The van der Waals surface area contributed by atoms with Gasteiger partial charge in [-0.1, -0.05) is 0 Å². The molecular weight excluding hydrogens is 278 g/mol. The third-order valence-corrected chi connectivity index (χ3v) is 4.70. The molecule has 1 aromatic rings. The first-order valence-corrected chi connectivity index (χ1v) is 6.83. The number of carbonyl (C=O) groups is 1. The lowest BCUT2D eigenvalue weighted by molar-refractivity contribution is 0.0572. The van der Waals surface area contributed by atoms with E-state index in [4.69, 9.17) is 5.11 Å². The van der Waals surface area contributed by atoms with Gasteiger partial charge in [0, 0.05) is 18.8 Å². The number of carboxylic acids is 1. The van der Waals surface area contributed by atoms with E-state index >= 15 is 0 Å². The summed E-state index contributed by atoms with van der Waals surface area (Å²) in [5, 5.41) is 32.9. The molecule has 0 amide bonds. The highest BCUT2D eigenvalue weighted by Crippen LogP contribution is 2.24. The van der Waals surface area contributed by atoms with Gasteiger partial charge in [0.1, 0.15) is 5.56 Å². The van der Waals surface area contributed by atoms with Crippen molar-refractivity contribution in [1.29, 1.82) is 0 Å². The molecule has 1 saturated heterocycles. The summed E-state index contributed by atoms with van der Waals surface area (Å²) in [4.78, 5) is 11.1. The number of aromatic amines is 1. The molecule has 0 bridgehead atoms. The van der Waals surface area contributed by atoms with Crippen LogP contribution in [0.5, 0.6) is 0 Å². The molecule has 1 aliphatic rings. The highest BCUT2D eigenvalue weighted by Gasteiger charge is 2.40. The van der Waals surface area contributed by atoms with Crippen molar-refractivity contribution in [3.8, 4) is 0 Å². The molecule has 19 heavy (non-hydrogen) atoms. The van der Waals surface area contributed by atoms with Crippen LogP contribution in [-0.2, 0) is 10.0 Å². The van der Waals surface area contributed by atoms with E-state index in [2.05, 4.69) is 10.2 Å². The van der Waals surface area contributed by atoms with Crippen LogP contribution in [0.25, 0.3) is 0 Å². The maximum absolute atomic E-state index is 12.2. The lowest BCUT2D eigenvalue weighted by Gasteiger charge is -2.13. The maximum atomic E-state index is 12.2. The van der Waals surface area contributed by atoms with Crippen LogP contribution >= 0.6 is 0 Å². The summed E-state index contributed by atoms with van der Waals surface area (Å²) in [6.45, 7) is 0.798. The van der Waals surface area contributed by atoms with Crippen molar-refractivity contribution in [1.82, 2.24) is 14.5 Å². The molecule has 1 aliphatic heterocycles. The normalized spacial score (nSPS) is 24.8. The van der Waals surface area contributed by atoms with Gasteiger partial charge < -0.3 is 15.3 Å². The van der Waals surface area contributed by atoms with Crippen LogP contribution in [0.2, 0.25) is 0 Å². The number of hydrogen-bond acceptors (Lipinski definition) is 6. The fourth-order valence-electron chi connectivity index (χ4n) is 1.90. The van der Waals surface area contributed by atoms with Crippen molar-refractivity contribution in [3.63, 3.8) is 0 Å². The summed E-state index contributed by atoms with van der Waals surface area (Å²) in [6, 6.07) is 0. The number of aliphatic hydroxyl groups excluding tert-OH is 2. The van der Waals surface area contributed by atoms with Gasteiger partial charge >= 0.3 is 5.97 Å². The van der Waals surface area contributed by atoms with Crippen LogP contribution < -0.4 is 0 Å². The number of carboxylic acid groups (broad SMARTS) is 1. The predicted octanol–water partition coefficient (Wildman–Crippen LogP) is -1.86. The number of sulfonamides is 1. The van der Waals surface area contributed by atoms with Crippen LogP contribution in [0.3, 0.4) is 0 Å². The Morgan fingerprint density at radius 2 is 1.89 bits per heavy atom. The van der Waals surface area contributed by atoms with E-state index < -0.39 is 38.8 Å². The number of nitrogens with zero attached hydrogens (tertiary/aromatic N) is 2. The Balaban J connectivity index is 2.44. The Morgan fingerprint density at radius 1 is 1.37 bits per heavy atom. The van der Waals surface area contributed by atoms with Crippen LogP contribution in [0.4, 0.5) is 0 Å². The first-order valence-electron chi connectivity index (χ1n) is 5.39. The second-order valence-electron chi connectivity index (χ2n) is 4.29. The first-order chi connectivity index (χ1) is 8.75. The van der Waals surface area contributed by atoms with Crippen molar-refractivity contribution in [3.05, 3.63) is 11.3 Å². The van der Waals surface area contributed by atoms with Gasteiger partial charge in [-0.15, -0.1) is 0 Å². The molecule has 2 rings (SSSR count). The van der Waals surface area contributed by atoms with Crippen molar-refractivity contribution < 1.29 is 28.5 Å². The number of aliphatic hydroxyl groups is 2. The molecule has 0 saturated carbocycles.